The van der Waals surface area contributed by atoms with Gasteiger partial charge in [-0.1, -0.05) is 29.0 Å². The minimum atomic E-state index is -2.59. The number of benzene rings is 2. The molecule has 2 aromatic carbocycles. The van der Waals surface area contributed by atoms with E-state index >= 15 is 0 Å². The summed E-state index contributed by atoms with van der Waals surface area (Å²) in [5.74, 6) is 0.741. The first kappa shape index (κ1) is 18.0. The van der Waals surface area contributed by atoms with Gasteiger partial charge in [0.2, 0.25) is 5.88 Å². The molecule has 4 rings (SSSR count). The fourth-order valence-electron chi connectivity index (χ4n) is 3.36. The van der Waals surface area contributed by atoms with Crippen molar-refractivity contribution in [3.8, 4) is 17.4 Å². The number of ether oxygens (including phenoxy) is 1. The Balaban J connectivity index is 1.59. The van der Waals surface area contributed by atoms with E-state index < -0.39 is 6.43 Å². The van der Waals surface area contributed by atoms with Crippen LogP contribution in [0, 0.1) is 0 Å². The van der Waals surface area contributed by atoms with Gasteiger partial charge in [-0.25, -0.2) is 8.78 Å². The molecule has 140 valence electrons. The molecule has 0 bridgehead atoms. The summed E-state index contributed by atoms with van der Waals surface area (Å²) in [6, 6.07) is 9.44. The van der Waals surface area contributed by atoms with Gasteiger partial charge in [0.1, 0.15) is 11.5 Å². The third-order valence-electron chi connectivity index (χ3n) is 4.60. The van der Waals surface area contributed by atoms with Gasteiger partial charge in [0.15, 0.2) is 0 Å². The van der Waals surface area contributed by atoms with Gasteiger partial charge < -0.3 is 9.84 Å². The number of hydrogen-bond acceptors (Lipinski definition) is 4. The zero-order chi connectivity index (χ0) is 19.1. The summed E-state index contributed by atoms with van der Waals surface area (Å²) in [5.41, 5.74) is 1.93. The minimum Gasteiger partial charge on any atom is -0.494 e. The quantitative estimate of drug-likeness (QED) is 0.589. The molecule has 3 aromatic rings. The predicted molar refractivity (Wildman–Crippen MR) is 99.7 cm³/mol. The Labute approximate surface area is 162 Å². The van der Waals surface area contributed by atoms with E-state index in [0.717, 1.165) is 35.3 Å². The summed E-state index contributed by atoms with van der Waals surface area (Å²) >= 11 is 7.06. The molecule has 0 amide bonds. The van der Waals surface area contributed by atoms with Crippen molar-refractivity contribution in [2.45, 2.75) is 25.2 Å². The highest BCUT2D eigenvalue weighted by atomic mass is 35.5. The average Bonchev–Trinajstić information content (AvgIpc) is 3.18. The number of fused-ring (bicyclic) bond motifs is 1. The minimum absolute atomic E-state index is 0.0353. The lowest BCUT2D eigenvalue weighted by Gasteiger charge is -2.12. The number of thiazole rings is 1. The molecule has 0 saturated heterocycles. The first-order valence-corrected chi connectivity index (χ1v) is 9.42. The Bertz CT molecular complexity index is 1060. The Morgan fingerprint density at radius 2 is 2.07 bits per heavy atom. The predicted octanol–water partition coefficient (Wildman–Crippen LogP) is 5.60. The third kappa shape index (κ3) is 3.44. The molecule has 0 spiro atoms. The van der Waals surface area contributed by atoms with Crippen molar-refractivity contribution < 1.29 is 18.6 Å². The molecule has 0 fully saturated rings. The van der Waals surface area contributed by atoms with Crippen LogP contribution in [0.5, 0.6) is 17.4 Å². The van der Waals surface area contributed by atoms with Gasteiger partial charge in [-0.15, -0.1) is 0 Å². The monoisotopic (exact) mass is 409 g/mol. The summed E-state index contributed by atoms with van der Waals surface area (Å²) < 4.78 is 31.2. The highest BCUT2D eigenvalue weighted by Crippen LogP contribution is 2.43. The molecule has 8 heteroatoms. The van der Waals surface area contributed by atoms with Crippen LogP contribution in [0.1, 0.15) is 40.3 Å². The van der Waals surface area contributed by atoms with Crippen LogP contribution in [-0.2, 0) is 6.42 Å². The Morgan fingerprint density at radius 1 is 1.26 bits per heavy atom. The number of aromatic amines is 1. The van der Waals surface area contributed by atoms with E-state index in [-0.39, 0.29) is 27.3 Å². The Morgan fingerprint density at radius 3 is 2.74 bits per heavy atom. The van der Waals surface area contributed by atoms with Crippen LogP contribution in [-0.4, -0.2) is 10.1 Å². The van der Waals surface area contributed by atoms with Crippen molar-refractivity contribution in [2.75, 3.05) is 0 Å². The van der Waals surface area contributed by atoms with Crippen LogP contribution < -0.4 is 9.61 Å². The highest BCUT2D eigenvalue weighted by Gasteiger charge is 2.28. The second kappa shape index (κ2) is 6.98. The fraction of sp³-hybridized carbons (Fsp3) is 0.211. The van der Waals surface area contributed by atoms with Gasteiger partial charge in [-0.2, -0.15) is 0 Å². The normalized spacial score (nSPS) is 15.9. The summed E-state index contributed by atoms with van der Waals surface area (Å²) in [4.78, 5) is 14.2. The molecule has 27 heavy (non-hydrogen) atoms. The molecule has 1 aromatic heterocycles. The molecule has 1 atom stereocenters. The summed E-state index contributed by atoms with van der Waals surface area (Å²) in [5, 5.41) is 10.0. The molecule has 1 aliphatic rings. The Kier molecular flexibility index (Phi) is 4.65. The van der Waals surface area contributed by atoms with Gasteiger partial charge in [-0.3, -0.25) is 9.78 Å². The lowest BCUT2D eigenvalue weighted by Crippen LogP contribution is -1.94. The van der Waals surface area contributed by atoms with E-state index in [0.29, 0.717) is 16.4 Å². The number of aromatic nitrogens is 1. The summed E-state index contributed by atoms with van der Waals surface area (Å²) in [6.45, 7) is 0. The fourth-order valence-corrected chi connectivity index (χ4v) is 4.47. The van der Waals surface area contributed by atoms with E-state index in [4.69, 9.17) is 16.3 Å². The number of H-pyrrole nitrogens is 1. The second-order valence-electron chi connectivity index (χ2n) is 6.27. The van der Waals surface area contributed by atoms with Crippen LogP contribution in [0.2, 0.25) is 5.02 Å². The maximum Gasteiger partial charge on any atom is 0.307 e. The number of alkyl halides is 2. The van der Waals surface area contributed by atoms with E-state index in [1.54, 1.807) is 6.07 Å². The molecule has 0 saturated carbocycles. The highest BCUT2D eigenvalue weighted by molar-refractivity contribution is 7.09. The van der Waals surface area contributed by atoms with Crippen LogP contribution in [0.3, 0.4) is 0 Å². The molecular weight excluding hydrogens is 396 g/mol. The summed E-state index contributed by atoms with van der Waals surface area (Å²) in [7, 11) is 0. The van der Waals surface area contributed by atoms with Crippen LogP contribution >= 0.6 is 22.9 Å². The van der Waals surface area contributed by atoms with Gasteiger partial charge in [0, 0.05) is 11.5 Å². The molecule has 0 unspecified atom stereocenters. The van der Waals surface area contributed by atoms with Crippen LogP contribution in [0.4, 0.5) is 8.78 Å². The zero-order valence-corrected chi connectivity index (χ0v) is 15.4. The largest absolute Gasteiger partial charge is 0.494 e. The number of hydrogen-bond donors (Lipinski definition) is 2. The standard InChI is InChI=1S/C19H14ClF2NO3S/c20-14-8-10(17(21)22)2-6-15(14)26-11-3-5-12-9(7-11)1-4-13(12)16-18(24)23-19(25)27-16/h2-3,5-8,13,17,24H,1,4H2,(H,23,25)/t13-/m1/s1. The van der Waals surface area contributed by atoms with Crippen LogP contribution in [0.15, 0.2) is 41.2 Å². The molecule has 1 heterocycles. The first-order chi connectivity index (χ1) is 12.9. The number of rotatable bonds is 4. The SMILES string of the molecule is O=c1[nH]c(O)c([C@@H]2CCc3cc(Oc4ccc(C(F)F)cc4Cl)ccc32)s1. The number of aryl methyl sites for hydroxylation is 1. The van der Waals surface area contributed by atoms with Crippen molar-refractivity contribution in [1.29, 1.82) is 0 Å². The second-order valence-corrected chi connectivity index (χ2v) is 7.69. The van der Waals surface area contributed by atoms with E-state index in [9.17, 15) is 18.7 Å². The molecule has 1 aliphatic carbocycles. The van der Waals surface area contributed by atoms with Crippen molar-refractivity contribution in [3.63, 3.8) is 0 Å². The summed E-state index contributed by atoms with van der Waals surface area (Å²) in [6.07, 6.45) is -1.03. The molecule has 0 radical (unpaired) electrons. The molecular formula is C19H14ClF2NO3S. The van der Waals surface area contributed by atoms with Gasteiger partial charge in [0.05, 0.1) is 9.90 Å². The van der Waals surface area contributed by atoms with Gasteiger partial charge in [-0.05, 0) is 54.3 Å². The third-order valence-corrected chi connectivity index (χ3v) is 5.88. The lowest BCUT2D eigenvalue weighted by atomic mass is 10.00. The maximum atomic E-state index is 12.7. The smallest absolute Gasteiger partial charge is 0.307 e. The zero-order valence-electron chi connectivity index (χ0n) is 13.8. The van der Waals surface area contributed by atoms with Crippen molar-refractivity contribution in [2.24, 2.45) is 0 Å². The lowest BCUT2D eigenvalue weighted by molar-refractivity contribution is 0.151. The van der Waals surface area contributed by atoms with Crippen molar-refractivity contribution in [1.82, 2.24) is 4.98 Å². The van der Waals surface area contributed by atoms with Gasteiger partial charge >= 0.3 is 4.87 Å². The first-order valence-electron chi connectivity index (χ1n) is 8.22. The van der Waals surface area contributed by atoms with E-state index in [2.05, 4.69) is 4.98 Å². The number of aromatic hydroxyl groups is 1. The van der Waals surface area contributed by atoms with E-state index in [1.807, 2.05) is 12.1 Å². The number of nitrogens with one attached hydrogen (secondary N) is 1. The van der Waals surface area contributed by atoms with Crippen molar-refractivity contribution in [3.05, 3.63) is 72.7 Å². The van der Waals surface area contributed by atoms with Crippen LogP contribution in [0.25, 0.3) is 0 Å². The molecule has 4 nitrogen and oxygen atoms in total. The maximum absolute atomic E-state index is 12.7. The van der Waals surface area contributed by atoms with Gasteiger partial charge in [0.25, 0.3) is 6.43 Å². The topological polar surface area (TPSA) is 62.3 Å². The van der Waals surface area contributed by atoms with Crippen molar-refractivity contribution >= 4 is 22.9 Å². The van der Waals surface area contributed by atoms with E-state index in [1.165, 1.54) is 18.2 Å². The number of halogens is 3. The average molecular weight is 410 g/mol. The Hall–Kier alpha value is -2.38. The molecule has 2 N–H and O–H groups in total. The molecule has 0 aliphatic heterocycles.